The van der Waals surface area contributed by atoms with E-state index < -0.39 is 0 Å². The number of nitrogens with two attached hydrogens (primary N) is 1. The van der Waals surface area contributed by atoms with Gasteiger partial charge in [0.15, 0.2) is 0 Å². The number of halogens is 1. The van der Waals surface area contributed by atoms with Gasteiger partial charge in [0.1, 0.15) is 5.75 Å². The summed E-state index contributed by atoms with van der Waals surface area (Å²) in [4.78, 5) is 16.5. The van der Waals surface area contributed by atoms with Crippen LogP contribution in [0.1, 0.15) is 16.1 Å². The average Bonchev–Trinajstić information content (AvgIpc) is 2.49. The zero-order valence-corrected chi connectivity index (χ0v) is 13.2. The number of hydrazine groups is 1. The van der Waals surface area contributed by atoms with Crippen LogP contribution in [0.5, 0.6) is 5.75 Å². The van der Waals surface area contributed by atoms with E-state index in [0.717, 1.165) is 10.2 Å². The molecule has 0 aliphatic heterocycles. The second-order valence-electron chi connectivity index (χ2n) is 4.32. The molecule has 0 fully saturated rings. The largest absolute Gasteiger partial charge is 0.497 e. The summed E-state index contributed by atoms with van der Waals surface area (Å²) >= 11 is 3.38. The number of hydrogen-bond acceptors (Lipinski definition) is 5. The van der Waals surface area contributed by atoms with Crippen molar-refractivity contribution in [1.82, 2.24) is 4.98 Å². The van der Waals surface area contributed by atoms with Crippen LogP contribution in [0, 0.1) is 6.92 Å². The van der Waals surface area contributed by atoms with E-state index in [-0.39, 0.29) is 5.91 Å². The number of pyridine rings is 1. The Balaban J connectivity index is 2.30. The third-order valence-electron chi connectivity index (χ3n) is 2.86. The molecule has 0 aliphatic carbocycles. The van der Waals surface area contributed by atoms with Gasteiger partial charge in [0.05, 0.1) is 24.0 Å². The maximum atomic E-state index is 12.3. The molecule has 0 radical (unpaired) electrons. The molecule has 0 spiro atoms. The Morgan fingerprint density at radius 2 is 2.10 bits per heavy atom. The Morgan fingerprint density at radius 1 is 1.33 bits per heavy atom. The number of aromatic nitrogens is 1. The lowest BCUT2D eigenvalue weighted by Crippen LogP contribution is -2.18. The number of carbonyl (C=O) groups is 1. The van der Waals surface area contributed by atoms with Gasteiger partial charge in [-0.25, -0.2) is 0 Å². The van der Waals surface area contributed by atoms with E-state index in [1.54, 1.807) is 31.4 Å². The summed E-state index contributed by atoms with van der Waals surface area (Å²) in [5.41, 5.74) is 4.74. The first kappa shape index (κ1) is 15.3. The van der Waals surface area contributed by atoms with Crippen LogP contribution in [0.25, 0.3) is 0 Å². The predicted octanol–water partition coefficient (Wildman–Crippen LogP) is 2.70. The lowest BCUT2D eigenvalue weighted by Gasteiger charge is -2.12. The van der Waals surface area contributed by atoms with Crippen molar-refractivity contribution >= 4 is 33.2 Å². The lowest BCUT2D eigenvalue weighted by molar-refractivity contribution is 0.102. The molecule has 1 aromatic heterocycles. The molecular weight excluding hydrogens is 336 g/mol. The van der Waals surface area contributed by atoms with E-state index in [2.05, 4.69) is 31.7 Å². The Morgan fingerprint density at radius 3 is 2.76 bits per heavy atom. The van der Waals surface area contributed by atoms with Crippen LogP contribution in [-0.4, -0.2) is 18.0 Å². The van der Waals surface area contributed by atoms with E-state index >= 15 is 0 Å². The molecule has 0 aliphatic rings. The van der Waals surface area contributed by atoms with Crippen molar-refractivity contribution in [3.05, 3.63) is 46.2 Å². The molecule has 7 heteroatoms. The van der Waals surface area contributed by atoms with E-state index in [0.29, 0.717) is 22.7 Å². The summed E-state index contributed by atoms with van der Waals surface area (Å²) in [6.07, 6.45) is 1.48. The number of benzene rings is 1. The summed E-state index contributed by atoms with van der Waals surface area (Å²) in [5.74, 6) is 5.77. The van der Waals surface area contributed by atoms with Crippen molar-refractivity contribution < 1.29 is 9.53 Å². The molecule has 0 bridgehead atoms. The van der Waals surface area contributed by atoms with Gasteiger partial charge < -0.3 is 15.5 Å². The van der Waals surface area contributed by atoms with Gasteiger partial charge in [-0.1, -0.05) is 0 Å². The molecule has 1 amide bonds. The molecule has 0 saturated carbocycles. The van der Waals surface area contributed by atoms with Crippen molar-refractivity contribution in [2.45, 2.75) is 6.92 Å². The van der Waals surface area contributed by atoms with Crippen LogP contribution >= 0.6 is 15.9 Å². The number of hydrogen-bond donors (Lipinski definition) is 3. The molecule has 1 heterocycles. The highest BCUT2D eigenvalue weighted by Crippen LogP contribution is 2.28. The minimum atomic E-state index is -0.315. The van der Waals surface area contributed by atoms with Crippen molar-refractivity contribution in [2.75, 3.05) is 17.9 Å². The Labute approximate surface area is 130 Å². The van der Waals surface area contributed by atoms with Crippen molar-refractivity contribution in [2.24, 2.45) is 5.84 Å². The third-order valence-corrected chi connectivity index (χ3v) is 3.55. The van der Waals surface area contributed by atoms with E-state index in [1.807, 2.05) is 6.92 Å². The zero-order chi connectivity index (χ0) is 15.4. The normalized spacial score (nSPS) is 10.1. The van der Waals surface area contributed by atoms with Gasteiger partial charge in [0.2, 0.25) is 0 Å². The van der Waals surface area contributed by atoms with Crippen LogP contribution in [0.3, 0.4) is 0 Å². The van der Waals surface area contributed by atoms with Gasteiger partial charge in [-0.15, -0.1) is 0 Å². The van der Waals surface area contributed by atoms with Gasteiger partial charge in [-0.05, 0) is 41.1 Å². The first-order valence-corrected chi connectivity index (χ1v) is 6.92. The Kier molecular flexibility index (Phi) is 4.77. The number of rotatable bonds is 4. The highest BCUT2D eigenvalue weighted by molar-refractivity contribution is 9.10. The van der Waals surface area contributed by atoms with E-state index in [4.69, 9.17) is 10.6 Å². The number of nitrogens with zero attached hydrogens (tertiary/aromatic N) is 1. The topological polar surface area (TPSA) is 89.3 Å². The monoisotopic (exact) mass is 350 g/mol. The first-order chi connectivity index (χ1) is 10.0. The molecule has 2 rings (SSSR count). The third kappa shape index (κ3) is 3.50. The summed E-state index contributed by atoms with van der Waals surface area (Å²) in [6, 6.07) is 7.01. The fraction of sp³-hybridized carbons (Fsp3) is 0.143. The Bertz CT molecular complexity index is 676. The summed E-state index contributed by atoms with van der Waals surface area (Å²) in [5, 5.41) is 2.79. The minimum Gasteiger partial charge on any atom is -0.497 e. The fourth-order valence-corrected chi connectivity index (χ4v) is 2.12. The lowest BCUT2D eigenvalue weighted by atomic mass is 10.2. The van der Waals surface area contributed by atoms with E-state index in [9.17, 15) is 4.79 Å². The average molecular weight is 351 g/mol. The molecule has 2 aromatic rings. The molecular formula is C14H15BrN4O2. The maximum Gasteiger partial charge on any atom is 0.259 e. The molecule has 6 nitrogen and oxygen atoms in total. The molecule has 4 N–H and O–H groups in total. The van der Waals surface area contributed by atoms with Gasteiger partial charge >= 0.3 is 0 Å². The smallest absolute Gasteiger partial charge is 0.259 e. The fourth-order valence-electron chi connectivity index (χ4n) is 1.78. The molecule has 21 heavy (non-hydrogen) atoms. The number of anilines is 2. The number of aryl methyl sites for hydroxylation is 1. The molecule has 1 aromatic carbocycles. The summed E-state index contributed by atoms with van der Waals surface area (Å²) in [6.45, 7) is 1.82. The van der Waals surface area contributed by atoms with Gasteiger partial charge in [-0.2, -0.15) is 0 Å². The zero-order valence-electron chi connectivity index (χ0n) is 11.6. The second-order valence-corrected chi connectivity index (χ2v) is 5.17. The van der Waals surface area contributed by atoms with Crippen LogP contribution in [0.15, 0.2) is 34.9 Å². The van der Waals surface area contributed by atoms with Crippen LogP contribution in [-0.2, 0) is 0 Å². The van der Waals surface area contributed by atoms with Crippen molar-refractivity contribution in [3.63, 3.8) is 0 Å². The summed E-state index contributed by atoms with van der Waals surface area (Å²) < 4.78 is 5.89. The van der Waals surface area contributed by atoms with Crippen LogP contribution in [0.4, 0.5) is 11.4 Å². The van der Waals surface area contributed by atoms with Crippen molar-refractivity contribution in [1.29, 1.82) is 0 Å². The number of amides is 1. The van der Waals surface area contributed by atoms with E-state index in [1.165, 1.54) is 6.20 Å². The molecule has 0 atom stereocenters. The maximum absolute atomic E-state index is 12.3. The number of carbonyl (C=O) groups excluding carboxylic acids is 1. The van der Waals surface area contributed by atoms with Crippen LogP contribution in [0.2, 0.25) is 0 Å². The second kappa shape index (κ2) is 6.55. The SMILES string of the molecule is COc1ccc(Br)c(NC(=O)c2cnc(C)cc2NN)c1. The first-order valence-electron chi connectivity index (χ1n) is 6.13. The predicted molar refractivity (Wildman–Crippen MR) is 85.4 cm³/mol. The number of nitrogens with one attached hydrogen (secondary N) is 2. The highest BCUT2D eigenvalue weighted by atomic mass is 79.9. The molecule has 0 saturated heterocycles. The van der Waals surface area contributed by atoms with Crippen LogP contribution < -0.4 is 21.3 Å². The Hall–Kier alpha value is -2.12. The standard InChI is InChI=1S/C14H15BrN4O2/c1-8-5-12(19-16)10(7-17-8)14(20)18-13-6-9(21-2)3-4-11(13)15/h3-7H,16H2,1-2H3,(H,17,19)(H,18,20). The minimum absolute atomic E-state index is 0.315. The number of methoxy groups -OCH3 is 1. The quantitative estimate of drug-likeness (QED) is 0.582. The highest BCUT2D eigenvalue weighted by Gasteiger charge is 2.14. The molecule has 0 unspecified atom stereocenters. The number of ether oxygens (including phenoxy) is 1. The summed E-state index contributed by atoms with van der Waals surface area (Å²) in [7, 11) is 1.56. The van der Waals surface area contributed by atoms with Gasteiger partial charge in [0, 0.05) is 22.4 Å². The van der Waals surface area contributed by atoms with Gasteiger partial charge in [0.25, 0.3) is 5.91 Å². The van der Waals surface area contributed by atoms with Gasteiger partial charge in [-0.3, -0.25) is 15.6 Å². The van der Waals surface area contributed by atoms with Crippen molar-refractivity contribution in [3.8, 4) is 5.75 Å². The number of nitrogen functional groups attached to an aromatic ring is 1. The molecule has 110 valence electrons.